The molecule has 0 saturated carbocycles. The molecular formula is C16H21NS. The molecule has 0 spiro atoms. The van der Waals surface area contributed by atoms with E-state index in [2.05, 4.69) is 55.6 Å². The van der Waals surface area contributed by atoms with Crippen molar-refractivity contribution in [2.24, 2.45) is 0 Å². The number of hydrogen-bond acceptors (Lipinski definition) is 2. The van der Waals surface area contributed by atoms with E-state index in [-0.39, 0.29) is 0 Å². The Kier molecular flexibility index (Phi) is 4.97. The van der Waals surface area contributed by atoms with Crippen LogP contribution in [0.1, 0.15) is 30.7 Å². The van der Waals surface area contributed by atoms with Gasteiger partial charge < -0.3 is 5.32 Å². The lowest BCUT2D eigenvalue weighted by Gasteiger charge is -2.06. The number of nitrogens with one attached hydrogen (secondary N) is 1. The van der Waals surface area contributed by atoms with Gasteiger partial charge in [-0.15, -0.1) is 11.3 Å². The van der Waals surface area contributed by atoms with E-state index in [4.69, 9.17) is 0 Å². The monoisotopic (exact) mass is 259 g/mol. The van der Waals surface area contributed by atoms with Gasteiger partial charge in [-0.05, 0) is 36.2 Å². The van der Waals surface area contributed by atoms with Crippen LogP contribution in [0.5, 0.6) is 0 Å². The summed E-state index contributed by atoms with van der Waals surface area (Å²) in [4.78, 5) is 2.81. The largest absolute Gasteiger partial charge is 0.312 e. The molecule has 1 N–H and O–H groups in total. The average Bonchev–Trinajstić information content (AvgIpc) is 2.86. The van der Waals surface area contributed by atoms with Gasteiger partial charge in [-0.25, -0.2) is 0 Å². The van der Waals surface area contributed by atoms with Gasteiger partial charge in [0.25, 0.3) is 0 Å². The van der Waals surface area contributed by atoms with E-state index in [1.165, 1.54) is 27.3 Å². The third kappa shape index (κ3) is 3.21. The fraction of sp³-hybridized carbons (Fsp3) is 0.375. The highest BCUT2D eigenvalue weighted by atomic mass is 32.1. The van der Waals surface area contributed by atoms with Gasteiger partial charge in [0, 0.05) is 16.3 Å². The highest BCUT2D eigenvalue weighted by molar-refractivity contribution is 7.15. The zero-order valence-corrected chi connectivity index (χ0v) is 12.0. The summed E-state index contributed by atoms with van der Waals surface area (Å²) in [6.45, 7) is 6.39. The minimum atomic E-state index is 0.983. The Hall–Kier alpha value is -1.12. The molecule has 0 aliphatic carbocycles. The molecule has 1 aromatic carbocycles. The molecule has 1 nitrogen and oxygen atoms in total. The standard InChI is InChI=1S/C16H21NS/c1-3-7-13-8-5-6-9-15(13)16-11-10-14(18-16)12-17-4-2/h5-6,8-11,17H,3-4,7,12H2,1-2H3. The predicted octanol–water partition coefficient (Wildman–Crippen LogP) is 4.48. The first-order valence-electron chi connectivity index (χ1n) is 6.72. The third-order valence-electron chi connectivity index (χ3n) is 3.01. The molecule has 96 valence electrons. The van der Waals surface area contributed by atoms with Crippen LogP contribution in [0.25, 0.3) is 10.4 Å². The Bertz CT molecular complexity index is 487. The van der Waals surface area contributed by atoms with E-state index in [9.17, 15) is 0 Å². The Morgan fingerprint density at radius 3 is 2.67 bits per heavy atom. The van der Waals surface area contributed by atoms with Crippen molar-refractivity contribution in [1.82, 2.24) is 5.32 Å². The molecule has 0 atom stereocenters. The first kappa shape index (κ1) is 13.3. The Balaban J connectivity index is 2.22. The van der Waals surface area contributed by atoms with Crippen LogP contribution in [0.2, 0.25) is 0 Å². The van der Waals surface area contributed by atoms with Crippen molar-refractivity contribution < 1.29 is 0 Å². The van der Waals surface area contributed by atoms with Crippen molar-refractivity contribution in [3.63, 3.8) is 0 Å². The molecule has 1 heterocycles. The number of benzene rings is 1. The Morgan fingerprint density at radius 1 is 1.06 bits per heavy atom. The normalized spacial score (nSPS) is 10.8. The number of hydrogen-bond donors (Lipinski definition) is 1. The van der Waals surface area contributed by atoms with Crippen LogP contribution in [0.15, 0.2) is 36.4 Å². The fourth-order valence-corrected chi connectivity index (χ4v) is 3.15. The molecule has 0 aliphatic heterocycles. The molecule has 0 aliphatic rings. The first-order valence-corrected chi connectivity index (χ1v) is 7.54. The van der Waals surface area contributed by atoms with Crippen LogP contribution in [-0.2, 0) is 13.0 Å². The van der Waals surface area contributed by atoms with Crippen molar-refractivity contribution in [1.29, 1.82) is 0 Å². The summed E-state index contributed by atoms with van der Waals surface area (Å²) in [5.41, 5.74) is 2.88. The maximum atomic E-state index is 3.38. The van der Waals surface area contributed by atoms with E-state index in [0.29, 0.717) is 0 Å². The lowest BCUT2D eigenvalue weighted by atomic mass is 10.0. The second-order valence-corrected chi connectivity index (χ2v) is 5.62. The molecule has 0 saturated heterocycles. The molecule has 0 radical (unpaired) electrons. The molecule has 1 aromatic heterocycles. The summed E-state index contributed by atoms with van der Waals surface area (Å²) >= 11 is 1.90. The number of rotatable bonds is 6. The van der Waals surface area contributed by atoms with E-state index >= 15 is 0 Å². The highest BCUT2D eigenvalue weighted by Gasteiger charge is 2.06. The van der Waals surface area contributed by atoms with Crippen molar-refractivity contribution in [3.05, 3.63) is 46.8 Å². The molecule has 0 unspecified atom stereocenters. The fourth-order valence-electron chi connectivity index (χ4n) is 2.11. The Labute approximate surface area is 114 Å². The van der Waals surface area contributed by atoms with Crippen LogP contribution in [0.4, 0.5) is 0 Å². The zero-order valence-electron chi connectivity index (χ0n) is 11.2. The minimum absolute atomic E-state index is 0.983. The molecular weight excluding hydrogens is 238 g/mol. The van der Waals surface area contributed by atoms with Gasteiger partial charge >= 0.3 is 0 Å². The molecule has 2 rings (SSSR count). The van der Waals surface area contributed by atoms with E-state index in [1.54, 1.807) is 0 Å². The van der Waals surface area contributed by atoms with Crippen LogP contribution in [0.3, 0.4) is 0 Å². The molecule has 0 fully saturated rings. The Morgan fingerprint density at radius 2 is 1.89 bits per heavy atom. The quantitative estimate of drug-likeness (QED) is 0.806. The van der Waals surface area contributed by atoms with Gasteiger partial charge in [0.05, 0.1) is 0 Å². The summed E-state index contributed by atoms with van der Waals surface area (Å²) in [5, 5.41) is 3.38. The van der Waals surface area contributed by atoms with Gasteiger partial charge in [-0.1, -0.05) is 44.5 Å². The topological polar surface area (TPSA) is 12.0 Å². The summed E-state index contributed by atoms with van der Waals surface area (Å²) in [6.07, 6.45) is 2.36. The van der Waals surface area contributed by atoms with E-state index < -0.39 is 0 Å². The van der Waals surface area contributed by atoms with Crippen molar-refractivity contribution in [2.75, 3.05) is 6.54 Å². The smallest absolute Gasteiger partial charge is 0.0348 e. The zero-order chi connectivity index (χ0) is 12.8. The van der Waals surface area contributed by atoms with Crippen LogP contribution in [-0.4, -0.2) is 6.54 Å². The van der Waals surface area contributed by atoms with E-state index in [0.717, 1.165) is 19.5 Å². The van der Waals surface area contributed by atoms with Crippen molar-refractivity contribution >= 4 is 11.3 Å². The van der Waals surface area contributed by atoms with Gasteiger partial charge in [0.15, 0.2) is 0 Å². The van der Waals surface area contributed by atoms with Gasteiger partial charge in [0.2, 0.25) is 0 Å². The van der Waals surface area contributed by atoms with E-state index in [1.807, 2.05) is 11.3 Å². The second kappa shape index (κ2) is 6.72. The molecule has 2 aromatic rings. The van der Waals surface area contributed by atoms with Crippen LogP contribution < -0.4 is 5.32 Å². The van der Waals surface area contributed by atoms with Crippen molar-refractivity contribution in [2.45, 2.75) is 33.2 Å². The third-order valence-corrected chi connectivity index (χ3v) is 4.13. The maximum absolute atomic E-state index is 3.38. The number of aryl methyl sites for hydroxylation is 1. The summed E-state index contributed by atoms with van der Waals surface area (Å²) in [6, 6.07) is 13.3. The molecule has 2 heteroatoms. The first-order chi connectivity index (χ1) is 8.85. The SMILES string of the molecule is CCCc1ccccc1-c1ccc(CNCC)s1. The summed E-state index contributed by atoms with van der Waals surface area (Å²) < 4.78 is 0. The maximum Gasteiger partial charge on any atom is 0.0348 e. The lowest BCUT2D eigenvalue weighted by molar-refractivity contribution is 0.735. The summed E-state index contributed by atoms with van der Waals surface area (Å²) in [5.74, 6) is 0. The average molecular weight is 259 g/mol. The van der Waals surface area contributed by atoms with Gasteiger partial charge in [0.1, 0.15) is 0 Å². The molecule has 18 heavy (non-hydrogen) atoms. The summed E-state index contributed by atoms with van der Waals surface area (Å²) in [7, 11) is 0. The minimum Gasteiger partial charge on any atom is -0.312 e. The lowest BCUT2D eigenvalue weighted by Crippen LogP contribution is -2.10. The van der Waals surface area contributed by atoms with Crippen LogP contribution >= 0.6 is 11.3 Å². The second-order valence-electron chi connectivity index (χ2n) is 4.45. The highest BCUT2D eigenvalue weighted by Crippen LogP contribution is 2.31. The number of thiophene rings is 1. The van der Waals surface area contributed by atoms with Crippen LogP contribution in [0, 0.1) is 0 Å². The molecule has 0 amide bonds. The molecule has 0 bridgehead atoms. The van der Waals surface area contributed by atoms with Gasteiger partial charge in [-0.2, -0.15) is 0 Å². The van der Waals surface area contributed by atoms with Gasteiger partial charge in [-0.3, -0.25) is 0 Å². The van der Waals surface area contributed by atoms with Crippen molar-refractivity contribution in [3.8, 4) is 10.4 Å². The predicted molar refractivity (Wildman–Crippen MR) is 81.1 cm³/mol.